The molecule has 152 valence electrons. The Bertz CT molecular complexity index is 1050. The summed E-state index contributed by atoms with van der Waals surface area (Å²) in [6.07, 6.45) is 5.76. The Morgan fingerprint density at radius 2 is 1.63 bits per heavy atom. The second-order valence-electron chi connectivity index (χ2n) is 7.05. The van der Waals surface area contributed by atoms with E-state index in [9.17, 15) is 14.4 Å². The van der Waals surface area contributed by atoms with Gasteiger partial charge in [-0.2, -0.15) is 0 Å². The van der Waals surface area contributed by atoms with Gasteiger partial charge in [-0.3, -0.25) is 9.59 Å². The first-order valence-electron chi connectivity index (χ1n) is 9.70. The van der Waals surface area contributed by atoms with Gasteiger partial charge in [0.1, 0.15) is 0 Å². The summed E-state index contributed by atoms with van der Waals surface area (Å²) in [6, 6.07) is 17.7. The molecule has 7 heteroatoms. The van der Waals surface area contributed by atoms with Crippen molar-refractivity contribution < 1.29 is 19.1 Å². The molecule has 2 aromatic carbocycles. The summed E-state index contributed by atoms with van der Waals surface area (Å²) in [5.41, 5.74) is 2.02. The Morgan fingerprint density at radius 1 is 0.933 bits per heavy atom. The number of benzene rings is 2. The van der Waals surface area contributed by atoms with Crippen molar-refractivity contribution in [2.24, 2.45) is 0 Å². The fraction of sp³-hybridized carbons (Fsp3) is 0.174. The second-order valence-corrected chi connectivity index (χ2v) is 7.05. The molecule has 1 heterocycles. The zero-order chi connectivity index (χ0) is 20.9. The molecule has 7 nitrogen and oxygen atoms in total. The summed E-state index contributed by atoms with van der Waals surface area (Å²) in [6.45, 7) is -0.448. The quantitative estimate of drug-likeness (QED) is 0.593. The highest BCUT2D eigenvalue weighted by atomic mass is 16.5. The molecule has 0 atom stereocenters. The molecule has 0 aliphatic heterocycles. The molecule has 0 unspecified atom stereocenters. The minimum atomic E-state index is -0.594. The lowest BCUT2D eigenvalue weighted by Gasteiger charge is -2.11. The molecule has 1 saturated carbocycles. The fourth-order valence-electron chi connectivity index (χ4n) is 2.96. The molecule has 1 fully saturated rings. The highest BCUT2D eigenvalue weighted by molar-refractivity contribution is 6.04. The monoisotopic (exact) mass is 403 g/mol. The Morgan fingerprint density at radius 3 is 2.33 bits per heavy atom. The van der Waals surface area contributed by atoms with E-state index in [-0.39, 0.29) is 11.9 Å². The molecule has 1 aliphatic rings. The van der Waals surface area contributed by atoms with Gasteiger partial charge in [0.25, 0.3) is 11.8 Å². The van der Waals surface area contributed by atoms with Crippen LogP contribution in [0.2, 0.25) is 0 Å². The first-order chi connectivity index (χ1) is 14.6. The van der Waals surface area contributed by atoms with Gasteiger partial charge in [-0.1, -0.05) is 12.1 Å². The van der Waals surface area contributed by atoms with E-state index in [4.69, 9.17) is 4.74 Å². The van der Waals surface area contributed by atoms with Crippen LogP contribution in [-0.2, 0) is 9.53 Å². The standard InChI is InChI=1S/C23H21N3O4/c27-21(25-20-6-2-1-5-19(20)22(28)24-17-9-10-17)15-30-23(29)16-7-11-18(12-8-16)26-13-3-4-14-26/h1-8,11-14,17H,9-10,15H2,(H,24,28)(H,25,27). The van der Waals surface area contributed by atoms with Crippen molar-refractivity contribution >= 4 is 23.5 Å². The molecule has 0 radical (unpaired) electrons. The van der Waals surface area contributed by atoms with E-state index in [1.54, 1.807) is 48.5 Å². The predicted molar refractivity (Wildman–Crippen MR) is 112 cm³/mol. The number of amides is 2. The average molecular weight is 403 g/mol. The molecule has 1 aromatic heterocycles. The van der Waals surface area contributed by atoms with Gasteiger partial charge in [-0.25, -0.2) is 4.79 Å². The van der Waals surface area contributed by atoms with Crippen molar-refractivity contribution in [3.05, 3.63) is 84.2 Å². The molecule has 1 aliphatic carbocycles. The number of hydrogen-bond donors (Lipinski definition) is 2. The topological polar surface area (TPSA) is 89.4 Å². The number of anilines is 1. The minimum absolute atomic E-state index is 0.214. The zero-order valence-electron chi connectivity index (χ0n) is 16.2. The van der Waals surface area contributed by atoms with Crippen LogP contribution < -0.4 is 10.6 Å². The van der Waals surface area contributed by atoms with E-state index in [0.29, 0.717) is 16.8 Å². The molecule has 0 spiro atoms. The lowest BCUT2D eigenvalue weighted by molar-refractivity contribution is -0.119. The van der Waals surface area contributed by atoms with Gasteiger partial charge >= 0.3 is 5.97 Å². The van der Waals surface area contributed by atoms with Gasteiger partial charge in [-0.15, -0.1) is 0 Å². The first-order valence-corrected chi connectivity index (χ1v) is 9.70. The second kappa shape index (κ2) is 8.65. The van der Waals surface area contributed by atoms with E-state index >= 15 is 0 Å². The zero-order valence-corrected chi connectivity index (χ0v) is 16.2. The minimum Gasteiger partial charge on any atom is -0.452 e. The third kappa shape index (κ3) is 4.75. The first kappa shape index (κ1) is 19.4. The van der Waals surface area contributed by atoms with Crippen LogP contribution in [0, 0.1) is 0 Å². The Hall–Kier alpha value is -3.87. The third-order valence-corrected chi connectivity index (χ3v) is 4.70. The van der Waals surface area contributed by atoms with Gasteiger partial charge < -0.3 is 19.9 Å². The van der Waals surface area contributed by atoms with Crippen LogP contribution in [0.25, 0.3) is 5.69 Å². The molecule has 3 aromatic rings. The van der Waals surface area contributed by atoms with E-state index in [0.717, 1.165) is 18.5 Å². The number of nitrogens with one attached hydrogen (secondary N) is 2. The molecule has 2 N–H and O–H groups in total. The lowest BCUT2D eigenvalue weighted by atomic mass is 10.1. The highest BCUT2D eigenvalue weighted by Crippen LogP contribution is 2.21. The average Bonchev–Trinajstić information content (AvgIpc) is 3.40. The summed E-state index contributed by atoms with van der Waals surface area (Å²) < 4.78 is 7.03. The van der Waals surface area contributed by atoms with Gasteiger partial charge in [0, 0.05) is 24.1 Å². The lowest BCUT2D eigenvalue weighted by Crippen LogP contribution is -2.28. The smallest absolute Gasteiger partial charge is 0.338 e. The molecular formula is C23H21N3O4. The molecule has 4 rings (SSSR count). The number of esters is 1. The largest absolute Gasteiger partial charge is 0.452 e. The van der Waals surface area contributed by atoms with Crippen molar-refractivity contribution in [3.8, 4) is 5.69 Å². The Balaban J connectivity index is 1.32. The molecule has 0 saturated heterocycles. The molecule has 30 heavy (non-hydrogen) atoms. The number of carbonyl (C=O) groups is 3. The van der Waals surface area contributed by atoms with Crippen molar-refractivity contribution in [3.63, 3.8) is 0 Å². The number of para-hydroxylation sites is 1. The number of aromatic nitrogens is 1. The third-order valence-electron chi connectivity index (χ3n) is 4.70. The number of ether oxygens (including phenoxy) is 1. The fourth-order valence-corrected chi connectivity index (χ4v) is 2.96. The van der Waals surface area contributed by atoms with Crippen LogP contribution in [0.3, 0.4) is 0 Å². The van der Waals surface area contributed by atoms with Crippen LogP contribution >= 0.6 is 0 Å². The van der Waals surface area contributed by atoms with Crippen LogP contribution in [-0.4, -0.2) is 35.0 Å². The van der Waals surface area contributed by atoms with Crippen LogP contribution in [0.1, 0.15) is 33.6 Å². The Labute approximate surface area is 173 Å². The number of hydrogen-bond acceptors (Lipinski definition) is 4. The normalized spacial score (nSPS) is 12.8. The maximum atomic E-state index is 12.3. The molecule has 2 amide bonds. The van der Waals surface area contributed by atoms with Gasteiger partial charge in [-0.05, 0) is 61.4 Å². The number of rotatable bonds is 7. The van der Waals surface area contributed by atoms with Gasteiger partial charge in [0.05, 0.1) is 16.8 Å². The summed E-state index contributed by atoms with van der Waals surface area (Å²) in [7, 11) is 0. The molecular weight excluding hydrogens is 382 g/mol. The SMILES string of the molecule is O=C(COC(=O)c1ccc(-n2cccc2)cc1)Nc1ccccc1C(=O)NC1CC1. The van der Waals surface area contributed by atoms with Gasteiger partial charge in [0.15, 0.2) is 6.61 Å². The predicted octanol–water partition coefficient (Wildman–Crippen LogP) is 3.17. The maximum absolute atomic E-state index is 12.3. The Kier molecular flexibility index (Phi) is 5.61. The van der Waals surface area contributed by atoms with Crippen LogP contribution in [0.5, 0.6) is 0 Å². The van der Waals surface area contributed by atoms with E-state index in [1.165, 1.54) is 0 Å². The molecule has 0 bridgehead atoms. The van der Waals surface area contributed by atoms with Gasteiger partial charge in [0.2, 0.25) is 0 Å². The van der Waals surface area contributed by atoms with E-state index in [2.05, 4.69) is 10.6 Å². The van der Waals surface area contributed by atoms with Crippen LogP contribution in [0.15, 0.2) is 73.1 Å². The summed E-state index contributed by atoms with van der Waals surface area (Å²) >= 11 is 0. The van der Waals surface area contributed by atoms with Crippen molar-refractivity contribution in [1.29, 1.82) is 0 Å². The van der Waals surface area contributed by atoms with Crippen molar-refractivity contribution in [1.82, 2.24) is 9.88 Å². The summed E-state index contributed by atoms with van der Waals surface area (Å²) in [5.74, 6) is -1.34. The van der Waals surface area contributed by atoms with E-state index in [1.807, 2.05) is 29.1 Å². The van der Waals surface area contributed by atoms with Crippen LogP contribution in [0.4, 0.5) is 5.69 Å². The van der Waals surface area contributed by atoms with Crippen molar-refractivity contribution in [2.45, 2.75) is 18.9 Å². The maximum Gasteiger partial charge on any atom is 0.338 e. The van der Waals surface area contributed by atoms with Crippen molar-refractivity contribution in [2.75, 3.05) is 11.9 Å². The summed E-state index contributed by atoms with van der Waals surface area (Å²) in [4.78, 5) is 36.8. The number of carbonyl (C=O) groups excluding carboxylic acids is 3. The summed E-state index contributed by atoms with van der Waals surface area (Å²) in [5, 5.41) is 5.53. The highest BCUT2D eigenvalue weighted by Gasteiger charge is 2.25. The number of nitrogens with zero attached hydrogens (tertiary/aromatic N) is 1. The van der Waals surface area contributed by atoms with E-state index < -0.39 is 18.5 Å².